The summed E-state index contributed by atoms with van der Waals surface area (Å²) >= 11 is 0. The standard InChI is InChI=1S/C34H27N11O11S3/c35-19-1-14-27(26(36)17-19)41-38-22-8-12-25(13-9-22)57(49,50)44-23-4-2-20(3-5-23)39-42-32-28(58(51,52)53)15-18-16-29(59(54,55)56)33(34(46)30(18)31(32)37)43-40-21-6-10-24(11-7-21)45(47)48/h1-17,44,46H,35-37H2,(H,51,52,53)(H,54,55,56). The Kier molecular flexibility index (Phi) is 11.1. The fourth-order valence-electron chi connectivity index (χ4n) is 5.24. The molecule has 0 unspecified atom stereocenters. The average Bonchev–Trinajstić information content (AvgIpc) is 3.16. The molecule has 0 radical (unpaired) electrons. The quantitative estimate of drug-likeness (QED) is 0.0203. The van der Waals surface area contributed by atoms with E-state index in [-0.39, 0.29) is 27.6 Å². The fraction of sp³-hybridized carbons (Fsp3) is 0. The number of phenols is 1. The molecule has 302 valence electrons. The Morgan fingerprint density at radius 2 is 1.10 bits per heavy atom. The van der Waals surface area contributed by atoms with Crippen LogP contribution in [-0.4, -0.2) is 44.4 Å². The van der Waals surface area contributed by atoms with E-state index in [1.54, 1.807) is 12.1 Å². The maximum Gasteiger partial charge on any atom is 0.296 e. The maximum absolute atomic E-state index is 13.1. The SMILES string of the molecule is Nc1ccc(N=Nc2ccc(S(=O)(=O)Nc3ccc(N=Nc4c(S(=O)(=O)O)cc5cc(S(=O)(=O)O)c(N=Nc6ccc([N+](=O)[O-])cc6)c(O)c5c4N)cc3)cc2)c(N)c1. The predicted octanol–water partition coefficient (Wildman–Crippen LogP) is 7.74. The first-order valence-corrected chi connectivity index (χ1v) is 20.5. The van der Waals surface area contributed by atoms with Crippen molar-refractivity contribution in [3.63, 3.8) is 0 Å². The molecule has 0 aliphatic rings. The minimum absolute atomic E-state index is 0.0220. The van der Waals surface area contributed by atoms with E-state index in [2.05, 4.69) is 35.4 Å². The number of phenolic OH excluding ortho intramolecular Hbond substituents is 1. The van der Waals surface area contributed by atoms with E-state index >= 15 is 0 Å². The number of hydrogen-bond donors (Lipinski definition) is 7. The highest BCUT2D eigenvalue weighted by molar-refractivity contribution is 7.92. The van der Waals surface area contributed by atoms with Crippen LogP contribution in [0.4, 0.5) is 62.6 Å². The van der Waals surface area contributed by atoms with Gasteiger partial charge in [-0.1, -0.05) is 0 Å². The summed E-state index contributed by atoms with van der Waals surface area (Å²) in [6.07, 6.45) is 0. The van der Waals surface area contributed by atoms with E-state index in [1.807, 2.05) is 0 Å². The van der Waals surface area contributed by atoms with Gasteiger partial charge in [-0.2, -0.15) is 32.2 Å². The topological polar surface area (TPSA) is 370 Å². The lowest BCUT2D eigenvalue weighted by Crippen LogP contribution is -2.12. The monoisotopic (exact) mass is 861 g/mol. The summed E-state index contributed by atoms with van der Waals surface area (Å²) < 4.78 is 98.1. The lowest BCUT2D eigenvalue weighted by molar-refractivity contribution is -0.384. The van der Waals surface area contributed by atoms with Gasteiger partial charge >= 0.3 is 0 Å². The van der Waals surface area contributed by atoms with Crippen molar-refractivity contribution in [2.24, 2.45) is 30.7 Å². The fourth-order valence-corrected chi connectivity index (χ4v) is 7.63. The van der Waals surface area contributed by atoms with Crippen LogP contribution in [0.1, 0.15) is 0 Å². The molecule has 0 spiro atoms. The molecule has 0 fully saturated rings. The van der Waals surface area contributed by atoms with Gasteiger partial charge in [0.1, 0.15) is 26.9 Å². The molecule has 0 heterocycles. The molecule has 6 rings (SSSR count). The Hall–Kier alpha value is -7.45. The molecule has 0 bridgehead atoms. The zero-order valence-corrected chi connectivity index (χ0v) is 32.0. The number of hydrogen-bond acceptors (Lipinski definition) is 18. The highest BCUT2D eigenvalue weighted by Crippen LogP contribution is 2.48. The second kappa shape index (κ2) is 15.8. The van der Waals surface area contributed by atoms with Crippen LogP contribution in [0.15, 0.2) is 149 Å². The second-order valence-electron chi connectivity index (χ2n) is 12.1. The Morgan fingerprint density at radius 3 is 1.63 bits per heavy atom. The van der Waals surface area contributed by atoms with Gasteiger partial charge in [-0.3, -0.25) is 23.9 Å². The first-order valence-electron chi connectivity index (χ1n) is 16.2. The number of azo groups is 3. The highest BCUT2D eigenvalue weighted by atomic mass is 32.2. The van der Waals surface area contributed by atoms with Gasteiger partial charge in [0.05, 0.1) is 43.6 Å². The van der Waals surface area contributed by atoms with Crippen molar-refractivity contribution in [2.45, 2.75) is 14.7 Å². The molecule has 0 saturated carbocycles. The number of aromatic hydroxyl groups is 1. The van der Waals surface area contributed by atoms with Crippen molar-refractivity contribution >= 4 is 104 Å². The molecule has 0 aromatic heterocycles. The molecule has 0 aliphatic carbocycles. The minimum atomic E-state index is -5.19. The zero-order chi connectivity index (χ0) is 42.9. The van der Waals surface area contributed by atoms with Gasteiger partial charge < -0.3 is 22.3 Å². The molecule has 0 amide bonds. The number of sulfonamides is 1. The first kappa shape index (κ1) is 41.2. The molecule has 6 aromatic rings. The van der Waals surface area contributed by atoms with Crippen LogP contribution >= 0.6 is 0 Å². The van der Waals surface area contributed by atoms with Gasteiger partial charge in [0, 0.05) is 23.5 Å². The van der Waals surface area contributed by atoms with E-state index < -0.39 is 78.6 Å². The van der Waals surface area contributed by atoms with Gasteiger partial charge in [-0.25, -0.2) is 8.42 Å². The summed E-state index contributed by atoms with van der Waals surface area (Å²) in [7, 11) is -14.5. The molecule has 22 nitrogen and oxygen atoms in total. The van der Waals surface area contributed by atoms with E-state index in [1.165, 1.54) is 54.6 Å². The summed E-state index contributed by atoms with van der Waals surface area (Å²) in [5.41, 5.74) is 16.8. The summed E-state index contributed by atoms with van der Waals surface area (Å²) in [4.78, 5) is 8.16. The summed E-state index contributed by atoms with van der Waals surface area (Å²) in [5.74, 6) is -1.02. The molecule has 10 N–H and O–H groups in total. The van der Waals surface area contributed by atoms with Gasteiger partial charge in [0.15, 0.2) is 5.75 Å². The third-order valence-corrected chi connectivity index (χ3v) is 11.2. The molecule has 0 atom stereocenters. The Labute approximate surface area is 333 Å². The number of nitrogens with one attached hydrogen (secondary N) is 1. The number of anilines is 4. The molecule has 0 saturated heterocycles. The Morgan fingerprint density at radius 1 is 0.610 bits per heavy atom. The van der Waals surface area contributed by atoms with Crippen LogP contribution in [-0.2, 0) is 30.3 Å². The molecule has 25 heteroatoms. The van der Waals surface area contributed by atoms with E-state index in [0.717, 1.165) is 24.3 Å². The highest BCUT2D eigenvalue weighted by Gasteiger charge is 2.28. The van der Waals surface area contributed by atoms with Crippen LogP contribution in [0.3, 0.4) is 0 Å². The van der Waals surface area contributed by atoms with Crippen LogP contribution in [0.5, 0.6) is 5.75 Å². The predicted molar refractivity (Wildman–Crippen MR) is 214 cm³/mol. The van der Waals surface area contributed by atoms with Gasteiger partial charge in [0.25, 0.3) is 35.9 Å². The summed E-state index contributed by atoms with van der Waals surface area (Å²) in [6.45, 7) is 0. The van der Waals surface area contributed by atoms with Crippen LogP contribution in [0.2, 0.25) is 0 Å². The zero-order valence-electron chi connectivity index (χ0n) is 29.5. The number of nitrogens with zero attached hydrogens (tertiary/aromatic N) is 7. The lowest BCUT2D eigenvalue weighted by atomic mass is 10.1. The van der Waals surface area contributed by atoms with E-state index in [4.69, 9.17) is 17.2 Å². The van der Waals surface area contributed by atoms with Crippen LogP contribution in [0, 0.1) is 10.1 Å². The molecular formula is C34H27N11O11S3. The number of benzene rings is 6. The summed E-state index contributed by atoms with van der Waals surface area (Å²) in [6, 6.07) is 21.3. The number of rotatable bonds is 12. The Balaban J connectivity index is 1.28. The average molecular weight is 862 g/mol. The second-order valence-corrected chi connectivity index (χ2v) is 16.6. The van der Waals surface area contributed by atoms with Crippen LogP contribution in [0.25, 0.3) is 10.8 Å². The smallest absolute Gasteiger partial charge is 0.296 e. The first-order chi connectivity index (χ1) is 27.7. The number of nitro groups is 1. The number of nitrogens with two attached hydrogens (primary N) is 3. The largest absolute Gasteiger partial charge is 0.505 e. The third kappa shape index (κ3) is 9.24. The van der Waals surface area contributed by atoms with Crippen molar-refractivity contribution in [1.82, 2.24) is 0 Å². The normalized spacial score (nSPS) is 12.5. The van der Waals surface area contributed by atoms with E-state index in [0.29, 0.717) is 34.9 Å². The minimum Gasteiger partial charge on any atom is -0.505 e. The number of non-ortho nitro benzene ring substituents is 1. The van der Waals surface area contributed by atoms with Gasteiger partial charge in [0.2, 0.25) is 0 Å². The van der Waals surface area contributed by atoms with Crippen molar-refractivity contribution < 1.29 is 44.4 Å². The number of nitro benzene ring substituents is 1. The van der Waals surface area contributed by atoms with Crippen molar-refractivity contribution in [3.8, 4) is 5.75 Å². The summed E-state index contributed by atoms with van der Waals surface area (Å²) in [5, 5.41) is 44.7. The number of nitrogen functional groups attached to an aromatic ring is 3. The van der Waals surface area contributed by atoms with E-state index in [9.17, 15) is 49.6 Å². The van der Waals surface area contributed by atoms with Crippen molar-refractivity contribution in [2.75, 3.05) is 21.9 Å². The number of fused-ring (bicyclic) bond motifs is 1. The van der Waals surface area contributed by atoms with Crippen molar-refractivity contribution in [1.29, 1.82) is 0 Å². The molecular weight excluding hydrogens is 835 g/mol. The third-order valence-electron chi connectivity index (χ3n) is 8.05. The molecule has 0 aliphatic heterocycles. The Bertz CT molecular complexity index is 3090. The van der Waals surface area contributed by atoms with Gasteiger partial charge in [-0.15, -0.1) is 15.3 Å². The maximum atomic E-state index is 13.1. The lowest BCUT2D eigenvalue weighted by Gasteiger charge is -2.14. The molecule has 6 aromatic carbocycles. The van der Waals surface area contributed by atoms with Crippen molar-refractivity contribution in [3.05, 3.63) is 113 Å². The van der Waals surface area contributed by atoms with Crippen LogP contribution < -0.4 is 21.9 Å². The van der Waals surface area contributed by atoms with Gasteiger partial charge in [-0.05, 0) is 96.4 Å². The molecule has 59 heavy (non-hydrogen) atoms.